The van der Waals surface area contributed by atoms with E-state index in [4.69, 9.17) is 0 Å². The van der Waals surface area contributed by atoms with E-state index in [2.05, 4.69) is 15.6 Å². The highest BCUT2D eigenvalue weighted by Gasteiger charge is 2.31. The number of imide groups is 1. The van der Waals surface area contributed by atoms with Gasteiger partial charge in [0.1, 0.15) is 11.9 Å². The van der Waals surface area contributed by atoms with Gasteiger partial charge in [-0.25, -0.2) is 4.98 Å². The maximum atomic E-state index is 11.6. The molecule has 2 amide bonds. The number of carbonyl (C=O) groups excluding carboxylic acids is 2. The molecule has 1 saturated heterocycles. The van der Waals surface area contributed by atoms with Gasteiger partial charge in [0.2, 0.25) is 11.8 Å². The summed E-state index contributed by atoms with van der Waals surface area (Å²) in [5.41, 5.74) is 1.07. The molecule has 1 aromatic rings. The second-order valence-corrected chi connectivity index (χ2v) is 4.67. The zero-order valence-electron chi connectivity index (χ0n) is 11.3. The van der Waals surface area contributed by atoms with Crippen LogP contribution < -0.4 is 15.5 Å². The van der Waals surface area contributed by atoms with E-state index in [0.29, 0.717) is 5.82 Å². The van der Waals surface area contributed by atoms with Gasteiger partial charge in [-0.3, -0.25) is 14.9 Å². The third-order valence-electron chi connectivity index (χ3n) is 3.42. The molecule has 2 N–H and O–H groups in total. The van der Waals surface area contributed by atoms with Crippen molar-refractivity contribution in [3.63, 3.8) is 0 Å². The average Bonchev–Trinajstić information content (AvgIpc) is 2.42. The first-order valence-corrected chi connectivity index (χ1v) is 6.26. The predicted octanol–water partition coefficient (Wildman–Crippen LogP) is 0.213. The molecule has 2 heterocycles. The quantitative estimate of drug-likeness (QED) is 0.762. The van der Waals surface area contributed by atoms with Crippen LogP contribution in [0.2, 0.25) is 0 Å². The number of hydrogen-bond acceptors (Lipinski definition) is 5. The highest BCUT2D eigenvalue weighted by atomic mass is 16.2. The van der Waals surface area contributed by atoms with Gasteiger partial charge in [0.05, 0.1) is 6.54 Å². The molecule has 2 atom stereocenters. The third-order valence-corrected chi connectivity index (χ3v) is 3.42. The van der Waals surface area contributed by atoms with Crippen LogP contribution in [0.5, 0.6) is 0 Å². The Morgan fingerprint density at radius 3 is 2.95 bits per heavy atom. The van der Waals surface area contributed by atoms with Gasteiger partial charge >= 0.3 is 0 Å². The van der Waals surface area contributed by atoms with Crippen LogP contribution in [0, 0.1) is 0 Å². The summed E-state index contributed by atoms with van der Waals surface area (Å²) in [4.78, 5) is 29.1. The molecule has 0 aromatic carbocycles. The molecule has 6 heteroatoms. The first kappa shape index (κ1) is 13.5. The van der Waals surface area contributed by atoms with E-state index in [0.717, 1.165) is 5.56 Å². The SMILES string of the molecule is CNC(C)c1ccnc(N2CC(=O)NC(=O)C2C)c1. The summed E-state index contributed by atoms with van der Waals surface area (Å²) >= 11 is 0. The largest absolute Gasteiger partial charge is 0.336 e. The van der Waals surface area contributed by atoms with Crippen molar-refractivity contribution in [2.24, 2.45) is 0 Å². The van der Waals surface area contributed by atoms with E-state index in [1.807, 2.05) is 26.1 Å². The molecule has 1 aliphatic rings. The minimum absolute atomic E-state index is 0.150. The van der Waals surface area contributed by atoms with Crippen molar-refractivity contribution in [2.75, 3.05) is 18.5 Å². The van der Waals surface area contributed by atoms with Crippen molar-refractivity contribution in [1.29, 1.82) is 0 Å². The number of amides is 2. The van der Waals surface area contributed by atoms with Crippen molar-refractivity contribution in [2.45, 2.75) is 25.9 Å². The Morgan fingerprint density at radius 1 is 1.53 bits per heavy atom. The monoisotopic (exact) mass is 262 g/mol. The number of nitrogens with one attached hydrogen (secondary N) is 2. The van der Waals surface area contributed by atoms with Gasteiger partial charge in [0, 0.05) is 12.2 Å². The van der Waals surface area contributed by atoms with Crippen LogP contribution in [0.25, 0.3) is 0 Å². The highest BCUT2D eigenvalue weighted by Crippen LogP contribution is 2.20. The van der Waals surface area contributed by atoms with Crippen molar-refractivity contribution < 1.29 is 9.59 Å². The molecule has 0 saturated carbocycles. The minimum Gasteiger partial charge on any atom is -0.336 e. The predicted molar refractivity (Wildman–Crippen MR) is 71.7 cm³/mol. The summed E-state index contributed by atoms with van der Waals surface area (Å²) < 4.78 is 0. The normalized spacial score (nSPS) is 21.2. The highest BCUT2D eigenvalue weighted by molar-refractivity contribution is 6.04. The van der Waals surface area contributed by atoms with Gasteiger partial charge < -0.3 is 10.2 Å². The molecule has 1 fully saturated rings. The van der Waals surface area contributed by atoms with Gasteiger partial charge in [0.25, 0.3) is 0 Å². The van der Waals surface area contributed by atoms with E-state index in [1.54, 1.807) is 18.0 Å². The molecule has 0 aliphatic carbocycles. The number of rotatable bonds is 3. The van der Waals surface area contributed by atoms with Crippen LogP contribution in [0.1, 0.15) is 25.5 Å². The Labute approximate surface area is 112 Å². The number of aromatic nitrogens is 1. The maximum Gasteiger partial charge on any atom is 0.249 e. The number of anilines is 1. The molecule has 6 nitrogen and oxygen atoms in total. The van der Waals surface area contributed by atoms with Crippen molar-refractivity contribution in [3.8, 4) is 0 Å². The molecular formula is C13H18N4O2. The van der Waals surface area contributed by atoms with Crippen LogP contribution in [0.4, 0.5) is 5.82 Å². The maximum absolute atomic E-state index is 11.6. The molecule has 19 heavy (non-hydrogen) atoms. The fraction of sp³-hybridized carbons (Fsp3) is 0.462. The van der Waals surface area contributed by atoms with E-state index in [9.17, 15) is 9.59 Å². The van der Waals surface area contributed by atoms with Gasteiger partial charge in [-0.05, 0) is 38.6 Å². The number of nitrogens with zero attached hydrogens (tertiary/aromatic N) is 2. The van der Waals surface area contributed by atoms with Gasteiger partial charge in [0.15, 0.2) is 0 Å². The van der Waals surface area contributed by atoms with E-state index < -0.39 is 6.04 Å². The van der Waals surface area contributed by atoms with Gasteiger partial charge in [-0.15, -0.1) is 0 Å². The zero-order valence-corrected chi connectivity index (χ0v) is 11.3. The topological polar surface area (TPSA) is 74.3 Å². The van der Waals surface area contributed by atoms with Gasteiger partial charge in [-0.2, -0.15) is 0 Å². The molecule has 102 valence electrons. The van der Waals surface area contributed by atoms with Crippen molar-refractivity contribution in [1.82, 2.24) is 15.6 Å². The molecule has 2 unspecified atom stereocenters. The van der Waals surface area contributed by atoms with Crippen LogP contribution in [0.3, 0.4) is 0 Å². The van der Waals surface area contributed by atoms with Crippen LogP contribution in [-0.4, -0.2) is 36.4 Å². The fourth-order valence-corrected chi connectivity index (χ4v) is 2.02. The standard InChI is InChI=1S/C13H18N4O2/c1-8(14-3)10-4-5-15-11(6-10)17-7-12(18)16-13(19)9(17)2/h4-6,8-9,14H,7H2,1-3H3,(H,16,18,19). The van der Waals surface area contributed by atoms with Gasteiger partial charge in [-0.1, -0.05) is 0 Å². The summed E-state index contributed by atoms with van der Waals surface area (Å²) in [5, 5.41) is 5.47. The molecular weight excluding hydrogens is 244 g/mol. The molecule has 0 bridgehead atoms. The average molecular weight is 262 g/mol. The Balaban J connectivity index is 2.30. The Morgan fingerprint density at radius 2 is 2.26 bits per heavy atom. The molecule has 0 radical (unpaired) electrons. The first-order valence-electron chi connectivity index (χ1n) is 6.26. The lowest BCUT2D eigenvalue weighted by atomic mass is 10.1. The second-order valence-electron chi connectivity index (χ2n) is 4.67. The Bertz CT molecular complexity index is 503. The summed E-state index contributed by atoms with van der Waals surface area (Å²) in [6.07, 6.45) is 1.70. The van der Waals surface area contributed by atoms with E-state index >= 15 is 0 Å². The smallest absolute Gasteiger partial charge is 0.249 e. The van der Waals surface area contributed by atoms with Crippen LogP contribution in [0.15, 0.2) is 18.3 Å². The Kier molecular flexibility index (Phi) is 3.80. The molecule has 1 aliphatic heterocycles. The summed E-state index contributed by atoms with van der Waals surface area (Å²) in [6, 6.07) is 3.61. The van der Waals surface area contributed by atoms with Crippen LogP contribution in [-0.2, 0) is 9.59 Å². The molecule has 1 aromatic heterocycles. The lowest BCUT2D eigenvalue weighted by Crippen LogP contribution is -2.57. The van der Waals surface area contributed by atoms with Crippen molar-refractivity contribution in [3.05, 3.63) is 23.9 Å². The summed E-state index contributed by atoms with van der Waals surface area (Å²) in [5.74, 6) is 0.0670. The van der Waals surface area contributed by atoms with Crippen LogP contribution >= 0.6 is 0 Å². The summed E-state index contributed by atoms with van der Waals surface area (Å²) in [7, 11) is 1.88. The van der Waals surface area contributed by atoms with E-state index in [1.165, 1.54) is 0 Å². The second kappa shape index (κ2) is 5.36. The van der Waals surface area contributed by atoms with Crippen molar-refractivity contribution >= 4 is 17.6 Å². The number of hydrogen-bond donors (Lipinski definition) is 2. The third kappa shape index (κ3) is 2.73. The first-order chi connectivity index (χ1) is 9.02. The molecule has 0 spiro atoms. The minimum atomic E-state index is -0.398. The number of piperazine rings is 1. The van der Waals surface area contributed by atoms with E-state index in [-0.39, 0.29) is 24.4 Å². The number of carbonyl (C=O) groups is 2. The lowest BCUT2D eigenvalue weighted by Gasteiger charge is -2.32. The lowest BCUT2D eigenvalue weighted by molar-refractivity contribution is -0.132. The number of pyridine rings is 1. The fourth-order valence-electron chi connectivity index (χ4n) is 2.02. The zero-order chi connectivity index (χ0) is 14.0. The Hall–Kier alpha value is -1.95. The summed E-state index contributed by atoms with van der Waals surface area (Å²) in [6.45, 7) is 3.95. The molecule has 2 rings (SSSR count).